The molecule has 0 fully saturated rings. The molecule has 1 amide bonds. The maximum absolute atomic E-state index is 12.9. The predicted molar refractivity (Wildman–Crippen MR) is 96.6 cm³/mol. The number of carbonyl (C=O) groups excluding carboxylic acids is 1. The number of ether oxygens (including phenoxy) is 1. The second kappa shape index (κ2) is 9.22. The van der Waals surface area contributed by atoms with E-state index in [2.05, 4.69) is 20.3 Å². The Kier molecular flexibility index (Phi) is 6.73. The van der Waals surface area contributed by atoms with Crippen molar-refractivity contribution in [1.29, 1.82) is 0 Å². The first kappa shape index (κ1) is 19.0. The molecule has 0 radical (unpaired) electrons. The summed E-state index contributed by atoms with van der Waals surface area (Å²) in [6, 6.07) is 10.3. The van der Waals surface area contributed by atoms with Crippen molar-refractivity contribution in [2.24, 2.45) is 0 Å². The average molecular weight is 354 g/mol. The molecule has 26 heavy (non-hydrogen) atoms. The molecule has 0 unspecified atom stereocenters. The SMILES string of the molecule is Cc1cc(Oc2cncc(F)c2)cc(C)n1.Cc1cccc(NC=O)n1. The van der Waals surface area contributed by atoms with Gasteiger partial charge in [-0.3, -0.25) is 14.8 Å². The van der Waals surface area contributed by atoms with Gasteiger partial charge in [-0.2, -0.15) is 0 Å². The number of aromatic nitrogens is 3. The number of anilines is 1. The van der Waals surface area contributed by atoms with Crippen LogP contribution in [0, 0.1) is 26.6 Å². The number of hydrogen-bond donors (Lipinski definition) is 1. The van der Waals surface area contributed by atoms with E-state index < -0.39 is 5.82 Å². The monoisotopic (exact) mass is 354 g/mol. The highest BCUT2D eigenvalue weighted by atomic mass is 19.1. The molecular weight excluding hydrogens is 335 g/mol. The van der Waals surface area contributed by atoms with E-state index in [1.165, 1.54) is 12.3 Å². The fourth-order valence-corrected chi connectivity index (χ4v) is 2.12. The summed E-state index contributed by atoms with van der Waals surface area (Å²) in [7, 11) is 0. The van der Waals surface area contributed by atoms with Gasteiger partial charge in [-0.1, -0.05) is 6.07 Å². The number of amides is 1. The van der Waals surface area contributed by atoms with Crippen LogP contribution in [-0.4, -0.2) is 21.4 Å². The molecular formula is C19H19FN4O2. The van der Waals surface area contributed by atoms with Crippen LogP contribution in [0.25, 0.3) is 0 Å². The molecule has 3 rings (SSSR count). The average Bonchev–Trinajstić information content (AvgIpc) is 2.55. The van der Waals surface area contributed by atoms with Crippen LogP contribution >= 0.6 is 0 Å². The van der Waals surface area contributed by atoms with Gasteiger partial charge in [0.05, 0.1) is 12.4 Å². The van der Waals surface area contributed by atoms with Gasteiger partial charge in [-0.05, 0) is 32.9 Å². The largest absolute Gasteiger partial charge is 0.456 e. The Morgan fingerprint density at radius 2 is 1.69 bits per heavy atom. The Hall–Kier alpha value is -3.35. The van der Waals surface area contributed by atoms with Crippen LogP contribution in [0.15, 0.2) is 48.8 Å². The van der Waals surface area contributed by atoms with Crippen LogP contribution in [0.4, 0.5) is 10.2 Å². The number of rotatable bonds is 4. The quantitative estimate of drug-likeness (QED) is 0.717. The van der Waals surface area contributed by atoms with Crippen LogP contribution in [0.5, 0.6) is 11.5 Å². The molecule has 3 heterocycles. The topological polar surface area (TPSA) is 77.0 Å². The minimum absolute atomic E-state index is 0.380. The van der Waals surface area contributed by atoms with Gasteiger partial charge in [0.1, 0.15) is 23.1 Å². The van der Waals surface area contributed by atoms with Gasteiger partial charge in [0.2, 0.25) is 6.41 Å². The van der Waals surface area contributed by atoms with E-state index in [1.807, 2.05) is 32.9 Å². The third-order valence-corrected chi connectivity index (χ3v) is 3.07. The van der Waals surface area contributed by atoms with E-state index >= 15 is 0 Å². The minimum atomic E-state index is -0.417. The van der Waals surface area contributed by atoms with Gasteiger partial charge >= 0.3 is 0 Å². The first-order valence-corrected chi connectivity index (χ1v) is 7.84. The maximum Gasteiger partial charge on any atom is 0.212 e. The van der Waals surface area contributed by atoms with Crippen molar-refractivity contribution in [2.45, 2.75) is 20.8 Å². The van der Waals surface area contributed by atoms with Gasteiger partial charge in [0.15, 0.2) is 0 Å². The van der Waals surface area contributed by atoms with Crippen LogP contribution in [-0.2, 0) is 4.79 Å². The Morgan fingerprint density at radius 1 is 0.962 bits per heavy atom. The molecule has 0 saturated carbocycles. The van der Waals surface area contributed by atoms with Crippen molar-refractivity contribution in [1.82, 2.24) is 15.0 Å². The second-order valence-corrected chi connectivity index (χ2v) is 5.45. The Morgan fingerprint density at radius 3 is 2.31 bits per heavy atom. The molecule has 3 aromatic heterocycles. The summed E-state index contributed by atoms with van der Waals surface area (Å²) in [5.41, 5.74) is 2.62. The van der Waals surface area contributed by atoms with E-state index in [1.54, 1.807) is 18.2 Å². The molecule has 0 saturated heterocycles. The summed E-state index contributed by atoms with van der Waals surface area (Å²) in [6.07, 6.45) is 3.21. The third-order valence-electron chi connectivity index (χ3n) is 3.07. The second-order valence-electron chi connectivity index (χ2n) is 5.45. The summed E-state index contributed by atoms with van der Waals surface area (Å²) in [6.45, 7) is 5.63. The van der Waals surface area contributed by atoms with Crippen molar-refractivity contribution in [2.75, 3.05) is 5.32 Å². The lowest BCUT2D eigenvalue weighted by molar-refractivity contribution is -0.105. The molecule has 134 valence electrons. The van der Waals surface area contributed by atoms with Crippen LogP contribution < -0.4 is 10.1 Å². The number of nitrogens with one attached hydrogen (secondary N) is 1. The van der Waals surface area contributed by atoms with E-state index in [0.29, 0.717) is 23.7 Å². The molecule has 0 atom stereocenters. The molecule has 7 heteroatoms. The number of halogens is 1. The first-order chi connectivity index (χ1) is 12.5. The van der Waals surface area contributed by atoms with Gasteiger partial charge in [0, 0.05) is 35.3 Å². The molecule has 0 aromatic carbocycles. The highest BCUT2D eigenvalue weighted by molar-refractivity contribution is 5.68. The van der Waals surface area contributed by atoms with Gasteiger partial charge in [0.25, 0.3) is 0 Å². The number of nitrogens with zero attached hydrogens (tertiary/aromatic N) is 3. The van der Waals surface area contributed by atoms with E-state index in [4.69, 9.17) is 4.74 Å². The van der Waals surface area contributed by atoms with Crippen molar-refractivity contribution < 1.29 is 13.9 Å². The van der Waals surface area contributed by atoms with Crippen molar-refractivity contribution >= 4 is 12.2 Å². The normalized spacial score (nSPS) is 9.69. The highest BCUT2D eigenvalue weighted by Gasteiger charge is 2.01. The fraction of sp³-hybridized carbons (Fsp3) is 0.158. The number of pyridine rings is 3. The Balaban J connectivity index is 0.000000209. The zero-order chi connectivity index (χ0) is 18.9. The first-order valence-electron chi connectivity index (χ1n) is 7.84. The lowest BCUT2D eigenvalue weighted by Crippen LogP contribution is -1.96. The minimum Gasteiger partial charge on any atom is -0.456 e. The summed E-state index contributed by atoms with van der Waals surface area (Å²) < 4.78 is 18.4. The molecule has 0 bridgehead atoms. The lowest BCUT2D eigenvalue weighted by atomic mass is 10.3. The molecule has 1 N–H and O–H groups in total. The number of carbonyl (C=O) groups is 1. The van der Waals surface area contributed by atoms with Crippen molar-refractivity contribution in [3.8, 4) is 11.5 Å². The molecule has 0 aliphatic rings. The van der Waals surface area contributed by atoms with Gasteiger partial charge in [-0.25, -0.2) is 9.37 Å². The molecule has 0 spiro atoms. The van der Waals surface area contributed by atoms with Crippen molar-refractivity contribution in [3.63, 3.8) is 0 Å². The number of hydrogen-bond acceptors (Lipinski definition) is 5. The zero-order valence-corrected chi connectivity index (χ0v) is 14.7. The fourth-order valence-electron chi connectivity index (χ4n) is 2.12. The van der Waals surface area contributed by atoms with Crippen LogP contribution in [0.1, 0.15) is 17.1 Å². The summed E-state index contributed by atoms with van der Waals surface area (Å²) in [5, 5.41) is 2.46. The van der Waals surface area contributed by atoms with Gasteiger partial charge < -0.3 is 10.1 Å². The Bertz CT molecular complexity index is 867. The smallest absolute Gasteiger partial charge is 0.212 e. The number of aryl methyl sites for hydroxylation is 3. The molecule has 0 aliphatic carbocycles. The zero-order valence-electron chi connectivity index (χ0n) is 14.7. The third kappa shape index (κ3) is 6.27. The standard InChI is InChI=1S/C12H11FN2O.C7H8N2O/c1-8-3-11(4-9(2)15-8)16-12-5-10(13)6-14-7-12;1-6-3-2-4-7(9-6)8-5-10/h3-7H,1-2H3;2-5H,1H3,(H,8,9,10). The van der Waals surface area contributed by atoms with E-state index in [9.17, 15) is 9.18 Å². The summed E-state index contributed by atoms with van der Waals surface area (Å²) in [5.74, 6) is 1.19. The predicted octanol–water partition coefficient (Wildman–Crippen LogP) is 3.98. The van der Waals surface area contributed by atoms with Gasteiger partial charge in [-0.15, -0.1) is 0 Å². The Labute approximate surface area is 151 Å². The maximum atomic E-state index is 12.9. The molecule has 3 aromatic rings. The molecule has 0 aliphatic heterocycles. The highest BCUT2D eigenvalue weighted by Crippen LogP contribution is 2.22. The van der Waals surface area contributed by atoms with Crippen LogP contribution in [0.3, 0.4) is 0 Å². The molecule has 6 nitrogen and oxygen atoms in total. The van der Waals surface area contributed by atoms with Crippen molar-refractivity contribution in [3.05, 3.63) is 71.7 Å². The van der Waals surface area contributed by atoms with Crippen LogP contribution in [0.2, 0.25) is 0 Å². The lowest BCUT2D eigenvalue weighted by Gasteiger charge is -2.06. The summed E-state index contributed by atoms with van der Waals surface area (Å²) in [4.78, 5) is 21.9. The summed E-state index contributed by atoms with van der Waals surface area (Å²) >= 11 is 0. The van der Waals surface area contributed by atoms with E-state index in [-0.39, 0.29) is 0 Å². The van der Waals surface area contributed by atoms with E-state index in [0.717, 1.165) is 23.3 Å².